The van der Waals surface area contributed by atoms with E-state index in [4.69, 9.17) is 20.8 Å². The number of aromatic nitrogens is 4. The quantitative estimate of drug-likeness (QED) is 0.450. The number of amides is 1. The van der Waals surface area contributed by atoms with Gasteiger partial charge in [0.25, 0.3) is 0 Å². The lowest BCUT2D eigenvalue weighted by molar-refractivity contribution is 0.0214. The molecule has 1 fully saturated rings. The summed E-state index contributed by atoms with van der Waals surface area (Å²) in [7, 11) is 0. The summed E-state index contributed by atoms with van der Waals surface area (Å²) in [6.45, 7) is 8.26. The highest BCUT2D eigenvalue weighted by Gasteiger charge is 2.34. The minimum Gasteiger partial charge on any atom is -0.448 e. The molecule has 3 heterocycles. The van der Waals surface area contributed by atoms with Gasteiger partial charge in [-0.2, -0.15) is 0 Å². The third kappa shape index (κ3) is 4.56. The number of aryl methyl sites for hydroxylation is 1. The van der Waals surface area contributed by atoms with Crippen LogP contribution in [0.5, 0.6) is 0 Å². The number of oxazole rings is 1. The van der Waals surface area contributed by atoms with Crippen LogP contribution in [-0.4, -0.2) is 36.3 Å². The van der Waals surface area contributed by atoms with Crippen LogP contribution in [0.25, 0.3) is 5.69 Å². The Bertz CT molecular complexity index is 1200. The molecule has 1 aliphatic carbocycles. The Balaban J connectivity index is 1.44. The van der Waals surface area contributed by atoms with Gasteiger partial charge >= 0.3 is 6.09 Å². The molecule has 1 aliphatic heterocycles. The van der Waals surface area contributed by atoms with Gasteiger partial charge in [-0.3, -0.25) is 9.47 Å². The maximum atomic E-state index is 13.0. The zero-order valence-electron chi connectivity index (χ0n) is 20.0. The van der Waals surface area contributed by atoms with Crippen LogP contribution in [0.1, 0.15) is 87.1 Å². The number of ether oxygens (including phenoxy) is 1. The molecule has 1 saturated carbocycles. The number of hydrogen-bond donors (Lipinski definition) is 0. The lowest BCUT2D eigenvalue weighted by Gasteiger charge is -2.26. The Labute approximate surface area is 204 Å². The predicted molar refractivity (Wildman–Crippen MR) is 127 cm³/mol. The SMILES string of the molecule is Cc1coc([C@H]2CC[C@H](c3nnc4n3-c3ccc(Cl)cc3CN(C(=O)OC(C)(C)C)C4)CC2)n1. The number of nitrogens with zero attached hydrogens (tertiary/aromatic N) is 5. The number of benzene rings is 1. The van der Waals surface area contributed by atoms with Gasteiger partial charge in [0.2, 0.25) is 0 Å². The molecule has 1 aromatic carbocycles. The fourth-order valence-corrected chi connectivity index (χ4v) is 5.10. The van der Waals surface area contributed by atoms with Crippen LogP contribution in [0.3, 0.4) is 0 Å². The fourth-order valence-electron chi connectivity index (χ4n) is 4.90. The van der Waals surface area contributed by atoms with Crippen LogP contribution in [0.2, 0.25) is 5.02 Å². The molecular weight excluding hydrogens is 454 g/mol. The van der Waals surface area contributed by atoms with E-state index in [0.29, 0.717) is 24.0 Å². The minimum atomic E-state index is -0.584. The molecule has 0 N–H and O–H groups in total. The fraction of sp³-hybridized carbons (Fsp3) is 0.520. The van der Waals surface area contributed by atoms with E-state index in [0.717, 1.165) is 60.2 Å². The summed E-state index contributed by atoms with van der Waals surface area (Å²) in [5, 5.41) is 9.77. The van der Waals surface area contributed by atoms with Crippen molar-refractivity contribution in [2.75, 3.05) is 0 Å². The first-order valence-corrected chi connectivity index (χ1v) is 12.2. The Morgan fingerprint density at radius 2 is 1.85 bits per heavy atom. The number of hydrogen-bond acceptors (Lipinski definition) is 6. The summed E-state index contributed by atoms with van der Waals surface area (Å²) in [5.74, 6) is 3.11. The summed E-state index contributed by atoms with van der Waals surface area (Å²) in [6, 6.07) is 5.78. The highest BCUT2D eigenvalue weighted by Crippen LogP contribution is 2.41. The van der Waals surface area contributed by atoms with Crippen LogP contribution < -0.4 is 0 Å². The van der Waals surface area contributed by atoms with Crippen molar-refractivity contribution in [3.8, 4) is 5.69 Å². The normalized spacial score (nSPS) is 20.4. The van der Waals surface area contributed by atoms with Gasteiger partial charge < -0.3 is 9.15 Å². The number of fused-ring (bicyclic) bond motifs is 3. The molecule has 2 aliphatic rings. The smallest absolute Gasteiger partial charge is 0.411 e. The van der Waals surface area contributed by atoms with E-state index in [1.54, 1.807) is 11.2 Å². The first kappa shape index (κ1) is 22.9. The van der Waals surface area contributed by atoms with Gasteiger partial charge in [0, 0.05) is 16.9 Å². The topological polar surface area (TPSA) is 86.3 Å². The number of rotatable bonds is 2. The van der Waals surface area contributed by atoms with E-state index in [-0.39, 0.29) is 12.0 Å². The van der Waals surface area contributed by atoms with Crippen molar-refractivity contribution >= 4 is 17.7 Å². The minimum absolute atomic E-state index is 0.269. The molecule has 0 atom stereocenters. The average molecular weight is 484 g/mol. The molecule has 0 saturated heterocycles. The van der Waals surface area contributed by atoms with Crippen LogP contribution >= 0.6 is 11.6 Å². The third-order valence-corrected chi connectivity index (χ3v) is 6.70. The first-order chi connectivity index (χ1) is 16.2. The van der Waals surface area contributed by atoms with E-state index >= 15 is 0 Å². The number of carbonyl (C=O) groups is 1. The second kappa shape index (κ2) is 8.73. The molecule has 0 bridgehead atoms. The van der Waals surface area contributed by atoms with E-state index in [1.165, 1.54) is 0 Å². The molecule has 34 heavy (non-hydrogen) atoms. The molecule has 0 unspecified atom stereocenters. The zero-order valence-corrected chi connectivity index (χ0v) is 20.8. The third-order valence-electron chi connectivity index (χ3n) is 6.46. The first-order valence-electron chi connectivity index (χ1n) is 11.8. The molecular formula is C25H30ClN5O3. The molecule has 8 nitrogen and oxygen atoms in total. The van der Waals surface area contributed by atoms with Crippen LogP contribution in [-0.2, 0) is 17.8 Å². The van der Waals surface area contributed by atoms with Gasteiger partial charge in [-0.1, -0.05) is 11.6 Å². The largest absolute Gasteiger partial charge is 0.448 e. The van der Waals surface area contributed by atoms with E-state index < -0.39 is 5.60 Å². The molecule has 5 rings (SSSR count). The standard InChI is InChI=1S/C25H30ClN5O3/c1-15-14-33-23(27-15)17-7-5-16(6-8-17)22-29-28-21-13-30(24(32)34-25(2,3)4)12-18-11-19(26)9-10-20(18)31(21)22/h9-11,14,16-17H,5-8,12-13H2,1-4H3/t16-,17-. The van der Waals surface area contributed by atoms with Crippen molar-refractivity contribution in [1.82, 2.24) is 24.6 Å². The average Bonchev–Trinajstić information content (AvgIpc) is 3.35. The highest BCUT2D eigenvalue weighted by molar-refractivity contribution is 6.30. The van der Waals surface area contributed by atoms with Gasteiger partial charge in [-0.25, -0.2) is 9.78 Å². The Morgan fingerprint density at radius 3 is 2.53 bits per heavy atom. The predicted octanol–water partition coefficient (Wildman–Crippen LogP) is 5.91. The van der Waals surface area contributed by atoms with Crippen molar-refractivity contribution in [2.24, 2.45) is 0 Å². The van der Waals surface area contributed by atoms with Crippen LogP contribution in [0.4, 0.5) is 4.79 Å². The van der Waals surface area contributed by atoms with Crippen molar-refractivity contribution in [2.45, 2.75) is 83.9 Å². The second-order valence-electron chi connectivity index (χ2n) is 10.3. The zero-order chi connectivity index (χ0) is 24.0. The molecule has 2 aromatic heterocycles. The van der Waals surface area contributed by atoms with Crippen molar-refractivity contribution in [3.05, 3.63) is 58.3 Å². The van der Waals surface area contributed by atoms with Crippen LogP contribution in [0, 0.1) is 6.92 Å². The molecule has 9 heteroatoms. The highest BCUT2D eigenvalue weighted by atomic mass is 35.5. The van der Waals surface area contributed by atoms with Gasteiger partial charge in [0.15, 0.2) is 11.7 Å². The monoisotopic (exact) mass is 483 g/mol. The van der Waals surface area contributed by atoms with E-state index in [1.807, 2.05) is 45.9 Å². The summed E-state index contributed by atoms with van der Waals surface area (Å²) in [4.78, 5) is 19.1. The van der Waals surface area contributed by atoms with Crippen molar-refractivity contribution < 1.29 is 13.9 Å². The van der Waals surface area contributed by atoms with Crippen molar-refractivity contribution in [3.63, 3.8) is 0 Å². The Hall–Kier alpha value is -2.87. The summed E-state index contributed by atoms with van der Waals surface area (Å²) in [5.41, 5.74) is 2.25. The molecule has 180 valence electrons. The molecule has 1 amide bonds. The molecule has 0 spiro atoms. The molecule has 3 aromatic rings. The van der Waals surface area contributed by atoms with Gasteiger partial charge in [0.1, 0.15) is 17.7 Å². The Kier molecular flexibility index (Phi) is 5.88. The van der Waals surface area contributed by atoms with E-state index in [9.17, 15) is 4.79 Å². The molecule has 0 radical (unpaired) electrons. The van der Waals surface area contributed by atoms with E-state index in [2.05, 4.69) is 19.7 Å². The summed E-state index contributed by atoms with van der Waals surface area (Å²) in [6.07, 6.45) is 5.27. The summed E-state index contributed by atoms with van der Waals surface area (Å²) >= 11 is 6.34. The van der Waals surface area contributed by atoms with Crippen LogP contribution in [0.15, 0.2) is 28.9 Å². The van der Waals surface area contributed by atoms with Gasteiger partial charge in [-0.05, 0) is 77.1 Å². The maximum absolute atomic E-state index is 13.0. The number of carbonyl (C=O) groups excluding carboxylic acids is 1. The van der Waals surface area contributed by atoms with Crippen molar-refractivity contribution in [1.29, 1.82) is 0 Å². The lowest BCUT2D eigenvalue weighted by atomic mass is 9.81. The van der Waals surface area contributed by atoms with Gasteiger partial charge in [0.05, 0.1) is 24.5 Å². The Morgan fingerprint density at radius 1 is 1.12 bits per heavy atom. The lowest BCUT2D eigenvalue weighted by Crippen LogP contribution is -2.35. The maximum Gasteiger partial charge on any atom is 0.411 e. The number of halogens is 1. The second-order valence-corrected chi connectivity index (χ2v) is 10.7. The van der Waals surface area contributed by atoms with Gasteiger partial charge in [-0.15, -0.1) is 10.2 Å². The summed E-state index contributed by atoms with van der Waals surface area (Å²) < 4.78 is 13.4.